The van der Waals surface area contributed by atoms with Crippen molar-refractivity contribution >= 4 is 0 Å². The number of nitrogens with zero attached hydrogens (tertiary/aromatic N) is 5. The molecule has 0 amide bonds. The molecule has 0 saturated heterocycles. The Kier molecular flexibility index (Phi) is 7.25. The Labute approximate surface area is 173 Å². The zero-order valence-corrected chi connectivity index (χ0v) is 16.9. The molecule has 1 aromatic carbocycles. The van der Waals surface area contributed by atoms with Gasteiger partial charge in [-0.2, -0.15) is 13.2 Å². The van der Waals surface area contributed by atoms with Crippen LogP contribution in [0.3, 0.4) is 0 Å². The number of rotatable bonds is 2. The minimum absolute atomic E-state index is 0. The summed E-state index contributed by atoms with van der Waals surface area (Å²) in [5.74, 6) is 0.0577. The van der Waals surface area contributed by atoms with Crippen LogP contribution in [-0.4, -0.2) is 19.9 Å². The third-order valence-corrected chi connectivity index (χ3v) is 3.46. The van der Waals surface area contributed by atoms with Gasteiger partial charge in [-0.1, -0.05) is 17.8 Å². The Morgan fingerprint density at radius 1 is 1.07 bits per heavy atom. The number of aryl methyl sites for hydroxylation is 1. The van der Waals surface area contributed by atoms with Gasteiger partial charge >= 0.3 is 6.18 Å². The van der Waals surface area contributed by atoms with Crippen LogP contribution in [0.1, 0.15) is 11.3 Å². The van der Waals surface area contributed by atoms with Crippen LogP contribution < -0.4 is 5.10 Å². The summed E-state index contributed by atoms with van der Waals surface area (Å²) in [7, 11) is 0. The first-order chi connectivity index (χ1) is 12.9. The quantitative estimate of drug-likeness (QED) is 0.346. The van der Waals surface area contributed by atoms with Gasteiger partial charge in [0.05, 0.1) is 0 Å². The molecular formula is C19H14F3IrN5-2. The fourth-order valence-corrected chi connectivity index (χ4v) is 2.18. The van der Waals surface area contributed by atoms with Crippen LogP contribution in [0, 0.1) is 13.0 Å². The molecule has 5 nitrogen and oxygen atoms in total. The van der Waals surface area contributed by atoms with Crippen molar-refractivity contribution in [2.45, 2.75) is 13.1 Å². The molecule has 0 N–H and O–H groups in total. The molecule has 3 aromatic heterocycles. The van der Waals surface area contributed by atoms with Crippen LogP contribution in [0.4, 0.5) is 13.2 Å². The Hall–Kier alpha value is -2.77. The van der Waals surface area contributed by atoms with E-state index in [4.69, 9.17) is 0 Å². The molecule has 9 heteroatoms. The third kappa shape index (κ3) is 5.61. The largest absolute Gasteiger partial charge is 0.433 e. The average molecular weight is 562 g/mol. The van der Waals surface area contributed by atoms with Crippen LogP contribution >= 0.6 is 0 Å². The summed E-state index contributed by atoms with van der Waals surface area (Å²) in [6.45, 7) is 2.06. The molecule has 0 aliphatic rings. The van der Waals surface area contributed by atoms with Crippen molar-refractivity contribution in [3.8, 4) is 17.1 Å². The fourth-order valence-electron chi connectivity index (χ4n) is 2.18. The van der Waals surface area contributed by atoms with E-state index in [1.807, 2.05) is 36.5 Å². The Morgan fingerprint density at radius 3 is 2.46 bits per heavy atom. The van der Waals surface area contributed by atoms with Crippen LogP contribution in [0.15, 0.2) is 67.1 Å². The number of alkyl halides is 3. The van der Waals surface area contributed by atoms with E-state index in [0.29, 0.717) is 0 Å². The van der Waals surface area contributed by atoms with Crippen molar-refractivity contribution < 1.29 is 33.3 Å². The Bertz CT molecular complexity index is 982. The maximum atomic E-state index is 12.1. The standard InChI is InChI=1S/C12H10N.C7H4F3N4.Ir/c1-10-7-8-13-12(9-10)11-5-3-2-4-6-11;8-7(9,10)5-4-6(13-12-5)14-3-1-2-11-14;/h2-5,7-9H,1H3;1-4H;/q2*-1;. The Morgan fingerprint density at radius 2 is 1.89 bits per heavy atom. The van der Waals surface area contributed by atoms with Crippen LogP contribution in [0.2, 0.25) is 0 Å². The van der Waals surface area contributed by atoms with E-state index in [9.17, 15) is 13.2 Å². The predicted octanol–water partition coefficient (Wildman–Crippen LogP) is 4.10. The molecule has 0 saturated carbocycles. The summed E-state index contributed by atoms with van der Waals surface area (Å²) >= 11 is 0. The van der Waals surface area contributed by atoms with Crippen molar-refractivity contribution in [2.24, 2.45) is 0 Å². The first kappa shape index (κ1) is 21.5. The molecule has 3 heterocycles. The SMILES string of the molecule is Cc1ccnc(-c2[c-]cccc2)c1.FC(F)(F)c1cc(-n2cccn2)[n-]n1.[Ir]. The summed E-state index contributed by atoms with van der Waals surface area (Å²) in [4.78, 5) is 4.28. The summed E-state index contributed by atoms with van der Waals surface area (Å²) in [5, 5.41) is 10.1. The van der Waals surface area contributed by atoms with Crippen molar-refractivity contribution in [3.63, 3.8) is 0 Å². The fraction of sp³-hybridized carbons (Fsp3) is 0.105. The molecule has 4 rings (SSSR count). The first-order valence-electron chi connectivity index (χ1n) is 7.91. The second-order valence-corrected chi connectivity index (χ2v) is 5.53. The van der Waals surface area contributed by atoms with Crippen molar-refractivity contribution in [1.29, 1.82) is 0 Å². The minimum Gasteiger partial charge on any atom is -0.356 e. The second kappa shape index (κ2) is 9.43. The maximum Gasteiger partial charge on any atom is 0.433 e. The molecule has 1 radical (unpaired) electrons. The van der Waals surface area contributed by atoms with E-state index >= 15 is 0 Å². The number of benzene rings is 1. The molecule has 0 spiro atoms. The summed E-state index contributed by atoms with van der Waals surface area (Å²) in [6.07, 6.45) is 0.302. The van der Waals surface area contributed by atoms with Gasteiger partial charge in [0.1, 0.15) is 5.69 Å². The van der Waals surface area contributed by atoms with Crippen LogP contribution in [-0.2, 0) is 26.3 Å². The second-order valence-electron chi connectivity index (χ2n) is 5.53. The van der Waals surface area contributed by atoms with Gasteiger partial charge in [-0.15, -0.1) is 35.9 Å². The molecule has 0 unspecified atom stereocenters. The number of halogens is 3. The van der Waals surface area contributed by atoms with E-state index in [2.05, 4.69) is 39.3 Å². The van der Waals surface area contributed by atoms with Crippen molar-refractivity contribution in [1.82, 2.24) is 25.0 Å². The van der Waals surface area contributed by atoms with Crippen LogP contribution in [0.25, 0.3) is 17.1 Å². The molecule has 0 aliphatic heterocycles. The normalized spacial score (nSPS) is 10.6. The molecule has 0 atom stereocenters. The zero-order valence-electron chi connectivity index (χ0n) is 14.6. The van der Waals surface area contributed by atoms with E-state index in [-0.39, 0.29) is 25.9 Å². The molecule has 0 aliphatic carbocycles. The minimum atomic E-state index is -4.46. The average Bonchev–Trinajstić information content (AvgIpc) is 3.34. The van der Waals surface area contributed by atoms with Gasteiger partial charge in [-0.3, -0.25) is 10.2 Å². The van der Waals surface area contributed by atoms with E-state index in [0.717, 1.165) is 17.3 Å². The first-order valence-corrected chi connectivity index (χ1v) is 7.91. The van der Waals surface area contributed by atoms with Gasteiger partial charge < -0.3 is 14.8 Å². The molecule has 147 valence electrons. The molecule has 28 heavy (non-hydrogen) atoms. The molecule has 0 fully saturated rings. The van der Waals surface area contributed by atoms with E-state index in [1.54, 1.807) is 6.07 Å². The topological polar surface area (TPSA) is 57.7 Å². The smallest absolute Gasteiger partial charge is 0.356 e. The van der Waals surface area contributed by atoms with Gasteiger partial charge in [0, 0.05) is 32.5 Å². The van der Waals surface area contributed by atoms with Gasteiger partial charge in [-0.25, -0.2) is 0 Å². The third-order valence-electron chi connectivity index (χ3n) is 3.46. The van der Waals surface area contributed by atoms with Gasteiger partial charge in [0.15, 0.2) is 0 Å². The van der Waals surface area contributed by atoms with Gasteiger partial charge in [0.25, 0.3) is 0 Å². The Balaban J connectivity index is 0.000000194. The molecular weight excluding hydrogens is 547 g/mol. The van der Waals surface area contributed by atoms with E-state index in [1.165, 1.54) is 22.6 Å². The summed E-state index contributed by atoms with van der Waals surface area (Å²) in [6, 6.07) is 17.5. The van der Waals surface area contributed by atoms with Gasteiger partial charge in [0.2, 0.25) is 0 Å². The van der Waals surface area contributed by atoms with E-state index < -0.39 is 11.9 Å². The summed E-state index contributed by atoms with van der Waals surface area (Å²) in [5.41, 5.74) is 2.25. The van der Waals surface area contributed by atoms with Crippen molar-refractivity contribution in [2.75, 3.05) is 0 Å². The number of hydrogen-bond donors (Lipinski definition) is 0. The number of hydrogen-bond acceptors (Lipinski definition) is 3. The maximum absolute atomic E-state index is 12.1. The summed E-state index contributed by atoms with van der Waals surface area (Å²) < 4.78 is 37.5. The number of pyridine rings is 1. The van der Waals surface area contributed by atoms with Gasteiger partial charge in [-0.05, 0) is 36.6 Å². The van der Waals surface area contributed by atoms with Crippen molar-refractivity contribution in [3.05, 3.63) is 84.4 Å². The monoisotopic (exact) mass is 562 g/mol. The number of aromatic nitrogens is 5. The predicted molar refractivity (Wildman–Crippen MR) is 92.9 cm³/mol. The van der Waals surface area contributed by atoms with Crippen LogP contribution in [0.5, 0.6) is 0 Å². The molecule has 0 bridgehead atoms. The zero-order chi connectivity index (χ0) is 19.3. The molecule has 4 aromatic rings.